The van der Waals surface area contributed by atoms with Gasteiger partial charge in [0.1, 0.15) is 11.6 Å². The van der Waals surface area contributed by atoms with Crippen LogP contribution in [0.15, 0.2) is 18.2 Å². The summed E-state index contributed by atoms with van der Waals surface area (Å²) >= 11 is 0. The van der Waals surface area contributed by atoms with E-state index >= 15 is 0 Å². The van der Waals surface area contributed by atoms with Crippen LogP contribution in [-0.2, 0) is 11.3 Å². The minimum Gasteiger partial charge on any atom is -0.369 e. The third kappa shape index (κ3) is 3.04. The summed E-state index contributed by atoms with van der Waals surface area (Å²) in [6.07, 6.45) is 1.63. The first-order valence-electron chi connectivity index (χ1n) is 6.02. The molecule has 0 bridgehead atoms. The van der Waals surface area contributed by atoms with Gasteiger partial charge in [-0.2, -0.15) is 0 Å². The van der Waals surface area contributed by atoms with Crippen molar-refractivity contribution in [3.05, 3.63) is 35.4 Å². The second-order valence-electron chi connectivity index (χ2n) is 4.71. The number of nitrogens with two attached hydrogens (primary N) is 1. The first-order valence-corrected chi connectivity index (χ1v) is 6.02. The normalized spacial score (nSPS) is 20.9. The van der Waals surface area contributed by atoms with E-state index in [2.05, 4.69) is 0 Å². The molecule has 1 atom stereocenters. The Kier molecular flexibility index (Phi) is 3.91. The molecule has 3 nitrogen and oxygen atoms in total. The highest BCUT2D eigenvalue weighted by Crippen LogP contribution is 2.19. The highest BCUT2D eigenvalue weighted by atomic mass is 19.1. The van der Waals surface area contributed by atoms with Gasteiger partial charge in [-0.25, -0.2) is 8.78 Å². The smallest absolute Gasteiger partial charge is 0.221 e. The van der Waals surface area contributed by atoms with Crippen molar-refractivity contribution < 1.29 is 13.6 Å². The number of benzene rings is 1. The number of piperidine rings is 1. The number of primary amides is 1. The van der Waals surface area contributed by atoms with Crippen molar-refractivity contribution >= 4 is 5.91 Å². The summed E-state index contributed by atoms with van der Waals surface area (Å²) < 4.78 is 26.5. The fourth-order valence-corrected chi connectivity index (χ4v) is 2.34. The second-order valence-corrected chi connectivity index (χ2v) is 4.71. The van der Waals surface area contributed by atoms with Crippen LogP contribution in [0, 0.1) is 17.6 Å². The maximum absolute atomic E-state index is 13.5. The van der Waals surface area contributed by atoms with Crippen LogP contribution in [0.1, 0.15) is 18.4 Å². The topological polar surface area (TPSA) is 46.3 Å². The Bertz CT molecular complexity index is 451. The number of hydrogen-bond acceptors (Lipinski definition) is 2. The predicted molar refractivity (Wildman–Crippen MR) is 63.6 cm³/mol. The van der Waals surface area contributed by atoms with Gasteiger partial charge in [-0.1, -0.05) is 0 Å². The largest absolute Gasteiger partial charge is 0.369 e. The number of hydrogen-bond donors (Lipinski definition) is 1. The average Bonchev–Trinajstić information content (AvgIpc) is 2.34. The van der Waals surface area contributed by atoms with Crippen LogP contribution in [-0.4, -0.2) is 23.9 Å². The van der Waals surface area contributed by atoms with E-state index in [1.807, 2.05) is 4.90 Å². The van der Waals surface area contributed by atoms with Crippen molar-refractivity contribution in [2.24, 2.45) is 11.7 Å². The van der Waals surface area contributed by atoms with E-state index in [-0.39, 0.29) is 11.8 Å². The van der Waals surface area contributed by atoms with Crippen molar-refractivity contribution in [3.8, 4) is 0 Å². The van der Waals surface area contributed by atoms with Gasteiger partial charge in [-0.05, 0) is 37.6 Å². The van der Waals surface area contributed by atoms with E-state index in [1.165, 1.54) is 6.07 Å². The van der Waals surface area contributed by atoms with E-state index in [0.717, 1.165) is 31.5 Å². The van der Waals surface area contributed by atoms with Gasteiger partial charge in [-0.15, -0.1) is 0 Å². The lowest BCUT2D eigenvalue weighted by atomic mass is 9.97. The number of amides is 1. The molecule has 0 spiro atoms. The van der Waals surface area contributed by atoms with Crippen molar-refractivity contribution in [1.82, 2.24) is 4.90 Å². The number of rotatable bonds is 3. The summed E-state index contributed by atoms with van der Waals surface area (Å²) in [6, 6.07) is 3.42. The van der Waals surface area contributed by atoms with E-state index in [1.54, 1.807) is 0 Å². The van der Waals surface area contributed by atoms with Crippen molar-refractivity contribution in [1.29, 1.82) is 0 Å². The predicted octanol–water partition coefficient (Wildman–Crippen LogP) is 1.66. The summed E-state index contributed by atoms with van der Waals surface area (Å²) in [5, 5.41) is 0. The van der Waals surface area contributed by atoms with E-state index in [0.29, 0.717) is 18.7 Å². The molecule has 18 heavy (non-hydrogen) atoms. The van der Waals surface area contributed by atoms with Crippen molar-refractivity contribution in [2.45, 2.75) is 19.4 Å². The van der Waals surface area contributed by atoms with Gasteiger partial charge < -0.3 is 5.73 Å². The van der Waals surface area contributed by atoms with Crippen LogP contribution >= 0.6 is 0 Å². The second kappa shape index (κ2) is 5.44. The van der Waals surface area contributed by atoms with Gasteiger partial charge in [0.15, 0.2) is 0 Å². The monoisotopic (exact) mass is 254 g/mol. The van der Waals surface area contributed by atoms with E-state index in [4.69, 9.17) is 5.73 Å². The lowest BCUT2D eigenvalue weighted by Gasteiger charge is -2.31. The highest BCUT2D eigenvalue weighted by molar-refractivity contribution is 5.76. The van der Waals surface area contributed by atoms with Crippen molar-refractivity contribution in [2.75, 3.05) is 13.1 Å². The Morgan fingerprint density at radius 3 is 2.94 bits per heavy atom. The standard InChI is InChI=1S/C13H16F2N2O/c14-11-3-4-12(15)10(6-11)8-17-5-1-2-9(7-17)13(16)18/h3-4,6,9H,1-2,5,7-8H2,(H2,16,18). The SMILES string of the molecule is NC(=O)C1CCCN(Cc2cc(F)ccc2F)C1. The molecule has 1 fully saturated rings. The molecule has 2 rings (SSSR count). The number of carbonyl (C=O) groups is 1. The Labute approximate surface area is 105 Å². The fraction of sp³-hybridized carbons (Fsp3) is 0.462. The fourth-order valence-electron chi connectivity index (χ4n) is 2.34. The van der Waals surface area contributed by atoms with Crippen LogP contribution in [0.3, 0.4) is 0 Å². The maximum Gasteiger partial charge on any atom is 0.221 e. The summed E-state index contributed by atoms with van der Waals surface area (Å²) in [4.78, 5) is 13.1. The summed E-state index contributed by atoms with van der Waals surface area (Å²) in [5.41, 5.74) is 5.60. The van der Waals surface area contributed by atoms with Gasteiger partial charge in [0, 0.05) is 18.7 Å². The molecule has 1 aromatic rings. The Balaban J connectivity index is 2.04. The zero-order valence-electron chi connectivity index (χ0n) is 10.0. The molecule has 1 saturated heterocycles. The van der Waals surface area contributed by atoms with Gasteiger partial charge in [-0.3, -0.25) is 9.69 Å². The first-order chi connectivity index (χ1) is 8.56. The van der Waals surface area contributed by atoms with Crippen LogP contribution in [0.5, 0.6) is 0 Å². The maximum atomic E-state index is 13.5. The first kappa shape index (κ1) is 13.0. The molecule has 5 heteroatoms. The molecule has 1 aliphatic heterocycles. The zero-order valence-corrected chi connectivity index (χ0v) is 10.0. The third-order valence-electron chi connectivity index (χ3n) is 3.31. The molecule has 1 aromatic carbocycles. The van der Waals surface area contributed by atoms with Gasteiger partial charge in [0.2, 0.25) is 5.91 Å². The summed E-state index contributed by atoms with van der Waals surface area (Å²) in [5.74, 6) is -1.37. The summed E-state index contributed by atoms with van der Waals surface area (Å²) in [7, 11) is 0. The molecule has 0 aliphatic carbocycles. The molecule has 2 N–H and O–H groups in total. The minimum absolute atomic E-state index is 0.185. The molecule has 1 aliphatic rings. The number of halogens is 2. The lowest BCUT2D eigenvalue weighted by Crippen LogP contribution is -2.40. The molecule has 0 radical (unpaired) electrons. The van der Waals surface area contributed by atoms with E-state index in [9.17, 15) is 13.6 Å². The van der Waals surface area contributed by atoms with E-state index < -0.39 is 11.6 Å². The molecule has 1 unspecified atom stereocenters. The van der Waals surface area contributed by atoms with Crippen LogP contribution in [0.4, 0.5) is 8.78 Å². The molecular formula is C13H16F2N2O. The zero-order chi connectivity index (χ0) is 13.1. The van der Waals surface area contributed by atoms with Gasteiger partial charge >= 0.3 is 0 Å². The number of likely N-dealkylation sites (tertiary alicyclic amines) is 1. The Hall–Kier alpha value is -1.49. The molecule has 98 valence electrons. The van der Waals surface area contributed by atoms with Gasteiger partial charge in [0.25, 0.3) is 0 Å². The van der Waals surface area contributed by atoms with Crippen LogP contribution in [0.2, 0.25) is 0 Å². The molecule has 1 amide bonds. The Morgan fingerprint density at radius 1 is 1.44 bits per heavy atom. The minimum atomic E-state index is -0.449. The van der Waals surface area contributed by atoms with Gasteiger partial charge in [0.05, 0.1) is 5.92 Å². The quantitative estimate of drug-likeness (QED) is 0.891. The third-order valence-corrected chi connectivity index (χ3v) is 3.31. The molecule has 1 heterocycles. The number of nitrogens with zero attached hydrogens (tertiary/aromatic N) is 1. The summed E-state index contributed by atoms with van der Waals surface area (Å²) in [6.45, 7) is 1.61. The van der Waals surface area contributed by atoms with Crippen LogP contribution in [0.25, 0.3) is 0 Å². The van der Waals surface area contributed by atoms with Crippen LogP contribution < -0.4 is 5.73 Å². The molecule has 0 saturated carbocycles. The Morgan fingerprint density at radius 2 is 2.22 bits per heavy atom. The lowest BCUT2D eigenvalue weighted by molar-refractivity contribution is -0.123. The molecule has 0 aromatic heterocycles. The highest BCUT2D eigenvalue weighted by Gasteiger charge is 2.24. The average molecular weight is 254 g/mol. The van der Waals surface area contributed by atoms with Crippen molar-refractivity contribution in [3.63, 3.8) is 0 Å². The molecular weight excluding hydrogens is 238 g/mol. The number of carbonyl (C=O) groups excluding carboxylic acids is 1.